The first kappa shape index (κ1) is 16.9. The van der Waals surface area contributed by atoms with E-state index in [9.17, 15) is 9.59 Å². The van der Waals surface area contributed by atoms with Crippen LogP contribution in [0.25, 0.3) is 0 Å². The van der Waals surface area contributed by atoms with Gasteiger partial charge in [0, 0.05) is 23.5 Å². The highest BCUT2D eigenvalue weighted by Gasteiger charge is 2.08. The van der Waals surface area contributed by atoms with Gasteiger partial charge < -0.3 is 15.4 Å². The zero-order valence-electron chi connectivity index (χ0n) is 12.7. The van der Waals surface area contributed by atoms with Crippen molar-refractivity contribution in [1.29, 1.82) is 0 Å². The van der Waals surface area contributed by atoms with Gasteiger partial charge in [0.2, 0.25) is 0 Å². The third-order valence-corrected chi connectivity index (χ3v) is 3.59. The average Bonchev–Trinajstić information content (AvgIpc) is 2.58. The zero-order valence-corrected chi connectivity index (χ0v) is 13.6. The second-order valence-corrected chi connectivity index (χ2v) is 5.24. The number of nitrogens with one attached hydrogen (secondary N) is 2. The Labute approximate surface area is 140 Å². The molecule has 0 spiro atoms. The van der Waals surface area contributed by atoms with Crippen molar-refractivity contribution in [1.82, 2.24) is 10.6 Å². The maximum atomic E-state index is 12.0. The largest absolute Gasteiger partial charge is 0.497 e. The van der Waals surface area contributed by atoms with Crippen LogP contribution < -0.4 is 15.4 Å². The molecule has 0 bridgehead atoms. The molecule has 2 amide bonds. The third-order valence-electron chi connectivity index (χ3n) is 3.20. The smallest absolute Gasteiger partial charge is 0.252 e. The molecule has 2 aromatic carbocycles. The molecule has 0 radical (unpaired) electrons. The molecule has 0 unspecified atom stereocenters. The molecular weight excluding hydrogens is 312 g/mol. The van der Waals surface area contributed by atoms with Crippen LogP contribution in [0.1, 0.15) is 20.7 Å². The predicted octanol–water partition coefficient (Wildman–Crippen LogP) is 2.14. The van der Waals surface area contributed by atoms with Gasteiger partial charge >= 0.3 is 0 Å². The first-order valence-corrected chi connectivity index (χ1v) is 7.55. The Kier molecular flexibility index (Phi) is 6.05. The Balaban J connectivity index is 1.77. The van der Waals surface area contributed by atoms with Gasteiger partial charge in [0.1, 0.15) is 5.75 Å². The number of hydrogen-bond acceptors (Lipinski definition) is 4. The molecular formula is C17H18N2O3S. The van der Waals surface area contributed by atoms with Crippen LogP contribution in [0.3, 0.4) is 0 Å². The molecule has 0 aromatic heterocycles. The summed E-state index contributed by atoms with van der Waals surface area (Å²) in [6, 6.07) is 13.9. The number of hydrogen-bond donors (Lipinski definition) is 3. The molecule has 0 fully saturated rings. The molecule has 0 heterocycles. The molecule has 0 saturated heterocycles. The van der Waals surface area contributed by atoms with Crippen LogP contribution in [0.4, 0.5) is 0 Å². The van der Waals surface area contributed by atoms with Gasteiger partial charge in [0.25, 0.3) is 11.8 Å². The van der Waals surface area contributed by atoms with E-state index in [1.54, 1.807) is 49.6 Å². The van der Waals surface area contributed by atoms with E-state index in [-0.39, 0.29) is 11.8 Å². The SMILES string of the molecule is COc1ccc(C(=O)NCCNC(=O)c2ccccc2S)cc1. The van der Waals surface area contributed by atoms with Gasteiger partial charge in [0.15, 0.2) is 0 Å². The van der Waals surface area contributed by atoms with E-state index >= 15 is 0 Å². The Morgan fingerprint density at radius 1 is 0.957 bits per heavy atom. The molecule has 0 atom stereocenters. The zero-order chi connectivity index (χ0) is 16.7. The van der Waals surface area contributed by atoms with Gasteiger partial charge in [-0.1, -0.05) is 12.1 Å². The maximum Gasteiger partial charge on any atom is 0.252 e. The van der Waals surface area contributed by atoms with E-state index in [4.69, 9.17) is 4.74 Å². The molecule has 0 aliphatic heterocycles. The molecule has 2 rings (SSSR count). The summed E-state index contributed by atoms with van der Waals surface area (Å²) in [6.45, 7) is 0.675. The highest BCUT2D eigenvalue weighted by Crippen LogP contribution is 2.12. The lowest BCUT2D eigenvalue weighted by Gasteiger charge is -2.08. The molecule has 5 nitrogen and oxygen atoms in total. The second-order valence-electron chi connectivity index (χ2n) is 4.76. The number of methoxy groups -OCH3 is 1. The van der Waals surface area contributed by atoms with Gasteiger partial charge in [-0.05, 0) is 36.4 Å². The number of thiol groups is 1. The number of ether oxygens (including phenoxy) is 1. The van der Waals surface area contributed by atoms with Crippen molar-refractivity contribution >= 4 is 24.4 Å². The van der Waals surface area contributed by atoms with Crippen molar-refractivity contribution in [2.24, 2.45) is 0 Å². The summed E-state index contributed by atoms with van der Waals surface area (Å²) in [5.41, 5.74) is 1.05. The summed E-state index contributed by atoms with van der Waals surface area (Å²) in [7, 11) is 1.57. The van der Waals surface area contributed by atoms with E-state index in [0.29, 0.717) is 34.9 Å². The van der Waals surface area contributed by atoms with E-state index < -0.39 is 0 Å². The van der Waals surface area contributed by atoms with Gasteiger partial charge in [-0.25, -0.2) is 0 Å². The van der Waals surface area contributed by atoms with Crippen molar-refractivity contribution in [2.75, 3.05) is 20.2 Å². The van der Waals surface area contributed by atoms with Crippen LogP contribution in [0.15, 0.2) is 53.4 Å². The molecule has 0 aliphatic rings. The van der Waals surface area contributed by atoms with Gasteiger partial charge in [-0.3, -0.25) is 9.59 Å². The number of benzene rings is 2. The number of carbonyl (C=O) groups is 2. The predicted molar refractivity (Wildman–Crippen MR) is 91.4 cm³/mol. The number of carbonyl (C=O) groups excluding carboxylic acids is 2. The fraction of sp³-hybridized carbons (Fsp3) is 0.176. The molecule has 2 aromatic rings. The molecule has 23 heavy (non-hydrogen) atoms. The Morgan fingerprint density at radius 2 is 1.57 bits per heavy atom. The molecule has 120 valence electrons. The van der Waals surface area contributed by atoms with Crippen molar-refractivity contribution in [3.05, 3.63) is 59.7 Å². The molecule has 0 saturated carbocycles. The van der Waals surface area contributed by atoms with Crippen LogP contribution in [0.5, 0.6) is 5.75 Å². The van der Waals surface area contributed by atoms with Crippen molar-refractivity contribution in [3.8, 4) is 5.75 Å². The Morgan fingerprint density at radius 3 is 2.17 bits per heavy atom. The van der Waals surface area contributed by atoms with E-state index in [2.05, 4.69) is 23.3 Å². The third kappa shape index (κ3) is 4.75. The number of amides is 2. The average molecular weight is 330 g/mol. The summed E-state index contributed by atoms with van der Waals surface area (Å²) in [4.78, 5) is 24.5. The minimum atomic E-state index is -0.214. The highest BCUT2D eigenvalue weighted by molar-refractivity contribution is 7.80. The quantitative estimate of drug-likeness (QED) is 0.561. The van der Waals surface area contributed by atoms with Crippen molar-refractivity contribution < 1.29 is 14.3 Å². The molecule has 6 heteroatoms. The summed E-state index contributed by atoms with van der Waals surface area (Å²) in [6.07, 6.45) is 0. The summed E-state index contributed by atoms with van der Waals surface area (Å²) >= 11 is 4.24. The summed E-state index contributed by atoms with van der Waals surface area (Å²) < 4.78 is 5.04. The van der Waals surface area contributed by atoms with Crippen LogP contribution >= 0.6 is 12.6 Å². The van der Waals surface area contributed by atoms with Crippen molar-refractivity contribution in [3.63, 3.8) is 0 Å². The first-order valence-electron chi connectivity index (χ1n) is 7.10. The monoisotopic (exact) mass is 330 g/mol. The van der Waals surface area contributed by atoms with Gasteiger partial charge in [-0.15, -0.1) is 12.6 Å². The Bertz CT molecular complexity index is 686. The van der Waals surface area contributed by atoms with E-state index in [1.165, 1.54) is 0 Å². The normalized spacial score (nSPS) is 10.0. The summed E-state index contributed by atoms with van der Waals surface area (Å²) in [5.74, 6) is 0.282. The lowest BCUT2D eigenvalue weighted by Crippen LogP contribution is -2.34. The molecule has 2 N–H and O–H groups in total. The van der Waals surface area contributed by atoms with Gasteiger partial charge in [-0.2, -0.15) is 0 Å². The highest BCUT2D eigenvalue weighted by atomic mass is 32.1. The summed E-state index contributed by atoms with van der Waals surface area (Å²) in [5, 5.41) is 5.49. The van der Waals surface area contributed by atoms with Crippen molar-refractivity contribution in [2.45, 2.75) is 4.90 Å². The topological polar surface area (TPSA) is 67.4 Å². The molecule has 0 aliphatic carbocycles. The standard InChI is InChI=1S/C17H18N2O3S/c1-22-13-8-6-12(7-9-13)16(20)18-10-11-19-17(21)14-4-2-3-5-15(14)23/h2-9,23H,10-11H2,1H3,(H,18,20)(H,19,21). The van der Waals surface area contributed by atoms with Crippen LogP contribution in [-0.2, 0) is 0 Å². The lowest BCUT2D eigenvalue weighted by molar-refractivity contribution is 0.0926. The fourth-order valence-electron chi connectivity index (χ4n) is 1.96. The van der Waals surface area contributed by atoms with Crippen LogP contribution in [-0.4, -0.2) is 32.0 Å². The Hall–Kier alpha value is -2.47. The lowest BCUT2D eigenvalue weighted by atomic mass is 10.2. The maximum absolute atomic E-state index is 12.0. The fourth-order valence-corrected chi connectivity index (χ4v) is 2.22. The minimum Gasteiger partial charge on any atom is -0.497 e. The van der Waals surface area contributed by atoms with Crippen LogP contribution in [0.2, 0.25) is 0 Å². The van der Waals surface area contributed by atoms with E-state index in [0.717, 1.165) is 0 Å². The van der Waals surface area contributed by atoms with E-state index in [1.807, 2.05) is 6.07 Å². The minimum absolute atomic E-state index is 0.198. The van der Waals surface area contributed by atoms with Crippen LogP contribution in [0, 0.1) is 0 Å². The first-order chi connectivity index (χ1) is 11.1. The second kappa shape index (κ2) is 8.24. The van der Waals surface area contributed by atoms with Gasteiger partial charge in [0.05, 0.1) is 12.7 Å². The number of rotatable bonds is 6.